The van der Waals surface area contributed by atoms with Crippen molar-refractivity contribution in [1.29, 1.82) is 0 Å². The Kier molecular flexibility index (Phi) is 4.36. The number of rotatable bonds is 1. The summed E-state index contributed by atoms with van der Waals surface area (Å²) in [5, 5.41) is 0.306. The van der Waals surface area contributed by atoms with E-state index in [1.807, 2.05) is 0 Å². The van der Waals surface area contributed by atoms with E-state index in [-0.39, 0.29) is 40.0 Å². The van der Waals surface area contributed by atoms with Gasteiger partial charge in [0, 0.05) is 16.5 Å². The predicted molar refractivity (Wildman–Crippen MR) is 48.9 cm³/mol. The largest absolute Gasteiger partial charge is 1.00 e. The molecule has 2 aromatic rings. The van der Waals surface area contributed by atoms with E-state index < -0.39 is 16.9 Å². The van der Waals surface area contributed by atoms with E-state index in [1.54, 1.807) is 6.07 Å². The van der Waals surface area contributed by atoms with Gasteiger partial charge in [0.05, 0.1) is 0 Å². The fourth-order valence-electron chi connectivity index (χ4n) is 1.26. The Bertz CT molecular complexity index is 520. The van der Waals surface area contributed by atoms with E-state index >= 15 is 0 Å². The van der Waals surface area contributed by atoms with Crippen LogP contribution in [0.4, 0.5) is 4.39 Å². The molecule has 0 amide bonds. The summed E-state index contributed by atoms with van der Waals surface area (Å²) in [4.78, 5) is 3.84. The van der Waals surface area contributed by atoms with Gasteiger partial charge in [0.1, 0.15) is 11.3 Å². The van der Waals surface area contributed by atoms with E-state index in [1.165, 1.54) is 18.3 Å². The van der Waals surface area contributed by atoms with E-state index in [0.29, 0.717) is 5.39 Å². The molecule has 1 unspecified atom stereocenters. The van der Waals surface area contributed by atoms with Crippen LogP contribution in [0.3, 0.4) is 0 Å². The molecule has 1 aromatic carbocycles. The van der Waals surface area contributed by atoms with Crippen LogP contribution in [0.2, 0.25) is 0 Å². The number of fused-ring (bicyclic) bond motifs is 1. The molecule has 0 N–H and O–H groups in total. The van der Waals surface area contributed by atoms with Crippen LogP contribution in [0.25, 0.3) is 10.9 Å². The fourth-order valence-corrected chi connectivity index (χ4v) is 1.78. The van der Waals surface area contributed by atoms with E-state index in [9.17, 15) is 13.2 Å². The van der Waals surface area contributed by atoms with Crippen molar-refractivity contribution >= 4 is 22.0 Å². The minimum absolute atomic E-state index is 0. The molecule has 72 valence electrons. The second-order valence-electron chi connectivity index (χ2n) is 2.68. The van der Waals surface area contributed by atoms with Crippen molar-refractivity contribution in [2.45, 2.75) is 4.90 Å². The number of halogens is 1. The molecule has 1 aromatic heterocycles. The predicted octanol–water partition coefficient (Wildman–Crippen LogP) is -1.38. The number of aromatic nitrogens is 1. The van der Waals surface area contributed by atoms with Gasteiger partial charge in [-0.3, -0.25) is 9.19 Å². The Labute approximate surface area is 110 Å². The smallest absolute Gasteiger partial charge is 0.768 e. The molecule has 0 aliphatic carbocycles. The van der Waals surface area contributed by atoms with Crippen LogP contribution >= 0.6 is 0 Å². The van der Waals surface area contributed by atoms with Crippen molar-refractivity contribution in [1.82, 2.24) is 4.98 Å². The molecule has 0 radical (unpaired) electrons. The molecular formula is C9H5FNNaO2S. The summed E-state index contributed by atoms with van der Waals surface area (Å²) in [6.45, 7) is 0. The van der Waals surface area contributed by atoms with Gasteiger partial charge in [0.25, 0.3) is 0 Å². The standard InChI is InChI=1S/C9H6FNO2S.Na/c10-7-3-4-8(14(12)13)6-2-1-5-11-9(6)7;/h1-5H,(H,12,13);/q;+1/p-1. The average Bonchev–Trinajstić information content (AvgIpc) is 2.18. The van der Waals surface area contributed by atoms with Gasteiger partial charge < -0.3 is 4.55 Å². The maximum absolute atomic E-state index is 13.2. The Morgan fingerprint density at radius 2 is 2.07 bits per heavy atom. The van der Waals surface area contributed by atoms with Gasteiger partial charge in [-0.25, -0.2) is 4.39 Å². The molecule has 1 atom stereocenters. The van der Waals surface area contributed by atoms with Crippen LogP contribution in [-0.2, 0) is 11.1 Å². The molecule has 0 aliphatic rings. The summed E-state index contributed by atoms with van der Waals surface area (Å²) in [5.74, 6) is -0.519. The second kappa shape index (κ2) is 5.14. The number of nitrogens with zero attached hydrogens (tertiary/aromatic N) is 1. The fraction of sp³-hybridized carbons (Fsp3) is 0. The molecule has 3 nitrogen and oxygen atoms in total. The Morgan fingerprint density at radius 1 is 1.33 bits per heavy atom. The molecular weight excluding hydrogens is 228 g/mol. The molecule has 0 bridgehead atoms. The molecule has 1 heterocycles. The van der Waals surface area contributed by atoms with E-state index in [2.05, 4.69) is 4.98 Å². The Hall–Kier alpha value is -0.330. The van der Waals surface area contributed by atoms with Gasteiger partial charge in [0.15, 0.2) is 0 Å². The molecule has 0 aliphatic heterocycles. The summed E-state index contributed by atoms with van der Waals surface area (Å²) < 4.78 is 34.7. The van der Waals surface area contributed by atoms with Crippen LogP contribution in [0.1, 0.15) is 0 Å². The quantitative estimate of drug-likeness (QED) is 0.450. The normalized spacial score (nSPS) is 12.1. The zero-order valence-electron chi connectivity index (χ0n) is 7.94. The maximum atomic E-state index is 13.2. The molecule has 2 rings (SSSR count). The van der Waals surface area contributed by atoms with Gasteiger partial charge in [-0.15, -0.1) is 0 Å². The van der Waals surface area contributed by atoms with Crippen LogP contribution in [0.15, 0.2) is 35.4 Å². The molecule has 6 heteroatoms. The summed E-state index contributed by atoms with van der Waals surface area (Å²) in [6.07, 6.45) is 1.42. The number of benzene rings is 1. The topological polar surface area (TPSA) is 53.0 Å². The Balaban J connectivity index is 0.00000112. The monoisotopic (exact) mass is 233 g/mol. The summed E-state index contributed by atoms with van der Waals surface area (Å²) in [5.41, 5.74) is 0.0780. The van der Waals surface area contributed by atoms with Crippen molar-refractivity contribution in [3.63, 3.8) is 0 Å². The minimum Gasteiger partial charge on any atom is -0.768 e. The number of pyridine rings is 1. The SMILES string of the molecule is O=S([O-])c1ccc(F)c2ncccc12.[Na+]. The van der Waals surface area contributed by atoms with Crippen LogP contribution < -0.4 is 29.6 Å². The molecule has 0 saturated carbocycles. The van der Waals surface area contributed by atoms with E-state index in [4.69, 9.17) is 0 Å². The number of hydrogen-bond donors (Lipinski definition) is 0. The van der Waals surface area contributed by atoms with Gasteiger partial charge in [-0.1, -0.05) is 0 Å². The first-order valence-electron chi connectivity index (χ1n) is 3.82. The maximum Gasteiger partial charge on any atom is 1.00 e. The van der Waals surface area contributed by atoms with Gasteiger partial charge in [0.2, 0.25) is 0 Å². The minimum atomic E-state index is -2.37. The van der Waals surface area contributed by atoms with Crippen molar-refractivity contribution in [3.05, 3.63) is 36.3 Å². The average molecular weight is 233 g/mol. The second-order valence-corrected chi connectivity index (χ2v) is 3.59. The first-order chi connectivity index (χ1) is 6.70. The van der Waals surface area contributed by atoms with Crippen molar-refractivity contribution < 1.29 is 42.7 Å². The van der Waals surface area contributed by atoms with Crippen molar-refractivity contribution in [2.24, 2.45) is 0 Å². The third-order valence-corrected chi connectivity index (χ3v) is 2.58. The van der Waals surface area contributed by atoms with Crippen LogP contribution in [0, 0.1) is 5.82 Å². The first kappa shape index (κ1) is 12.7. The molecule has 0 spiro atoms. The summed E-state index contributed by atoms with van der Waals surface area (Å²) in [6, 6.07) is 5.41. The Morgan fingerprint density at radius 3 is 2.73 bits per heavy atom. The number of hydrogen-bond acceptors (Lipinski definition) is 3. The van der Waals surface area contributed by atoms with Gasteiger partial charge >= 0.3 is 29.6 Å². The van der Waals surface area contributed by atoms with Gasteiger partial charge in [-0.05, 0) is 35.3 Å². The zero-order valence-corrected chi connectivity index (χ0v) is 10.8. The van der Waals surface area contributed by atoms with Crippen LogP contribution in [-0.4, -0.2) is 13.7 Å². The van der Waals surface area contributed by atoms with Gasteiger partial charge in [-0.2, -0.15) is 0 Å². The van der Waals surface area contributed by atoms with Crippen LogP contribution in [0.5, 0.6) is 0 Å². The van der Waals surface area contributed by atoms with Crippen molar-refractivity contribution in [3.8, 4) is 0 Å². The summed E-state index contributed by atoms with van der Waals surface area (Å²) >= 11 is -2.37. The first-order valence-corrected chi connectivity index (χ1v) is 4.90. The third-order valence-electron chi connectivity index (χ3n) is 1.86. The zero-order chi connectivity index (χ0) is 10.1. The summed E-state index contributed by atoms with van der Waals surface area (Å²) in [7, 11) is 0. The van der Waals surface area contributed by atoms with Crippen molar-refractivity contribution in [2.75, 3.05) is 0 Å². The third kappa shape index (κ3) is 2.43. The molecule has 0 fully saturated rings. The molecule has 15 heavy (non-hydrogen) atoms. The van der Waals surface area contributed by atoms with E-state index in [0.717, 1.165) is 6.07 Å². The molecule has 0 saturated heterocycles.